The summed E-state index contributed by atoms with van der Waals surface area (Å²) in [5, 5.41) is 5.66. The molecule has 0 aromatic heterocycles. The van der Waals surface area contributed by atoms with E-state index in [0.717, 1.165) is 31.5 Å². The van der Waals surface area contributed by atoms with Gasteiger partial charge in [-0.15, -0.1) is 0 Å². The predicted molar refractivity (Wildman–Crippen MR) is 91.1 cm³/mol. The van der Waals surface area contributed by atoms with Crippen molar-refractivity contribution in [3.63, 3.8) is 0 Å². The van der Waals surface area contributed by atoms with Crippen molar-refractivity contribution in [3.8, 4) is 0 Å². The van der Waals surface area contributed by atoms with Gasteiger partial charge in [-0.25, -0.2) is 4.79 Å². The van der Waals surface area contributed by atoms with Crippen LogP contribution in [-0.4, -0.2) is 36.5 Å². The SMILES string of the molecule is CC(NC(=O)NCCC(=O)N1CCCCCC1)c1ccccc1. The maximum atomic E-state index is 12.1. The van der Waals surface area contributed by atoms with Crippen molar-refractivity contribution in [2.45, 2.75) is 45.1 Å². The lowest BCUT2D eigenvalue weighted by atomic mass is 10.1. The molecule has 1 heterocycles. The van der Waals surface area contributed by atoms with Gasteiger partial charge in [0.25, 0.3) is 0 Å². The third-order valence-corrected chi connectivity index (χ3v) is 4.23. The van der Waals surface area contributed by atoms with E-state index in [4.69, 9.17) is 0 Å². The van der Waals surface area contributed by atoms with Crippen molar-refractivity contribution in [3.05, 3.63) is 35.9 Å². The second-order valence-electron chi connectivity index (χ2n) is 6.08. The Morgan fingerprint density at radius 2 is 1.74 bits per heavy atom. The number of nitrogens with zero attached hydrogens (tertiary/aromatic N) is 1. The lowest BCUT2D eigenvalue weighted by molar-refractivity contribution is -0.131. The minimum Gasteiger partial charge on any atom is -0.343 e. The third kappa shape index (κ3) is 5.93. The minimum atomic E-state index is -0.231. The summed E-state index contributed by atoms with van der Waals surface area (Å²) in [5.41, 5.74) is 1.06. The van der Waals surface area contributed by atoms with E-state index in [2.05, 4.69) is 10.6 Å². The normalized spacial score (nSPS) is 16.3. The number of benzene rings is 1. The Balaban J connectivity index is 1.67. The monoisotopic (exact) mass is 317 g/mol. The maximum absolute atomic E-state index is 12.1. The molecule has 1 aromatic carbocycles. The van der Waals surface area contributed by atoms with Crippen LogP contribution in [0.1, 0.15) is 50.6 Å². The Hall–Kier alpha value is -2.04. The quantitative estimate of drug-likeness (QED) is 0.877. The fourth-order valence-corrected chi connectivity index (χ4v) is 2.83. The van der Waals surface area contributed by atoms with E-state index in [9.17, 15) is 9.59 Å². The Morgan fingerprint density at radius 1 is 1.09 bits per heavy atom. The van der Waals surface area contributed by atoms with Crippen LogP contribution < -0.4 is 10.6 Å². The molecule has 1 saturated heterocycles. The van der Waals surface area contributed by atoms with Gasteiger partial charge in [0, 0.05) is 26.1 Å². The van der Waals surface area contributed by atoms with E-state index in [1.54, 1.807) is 0 Å². The number of hydrogen-bond acceptors (Lipinski definition) is 2. The van der Waals surface area contributed by atoms with Gasteiger partial charge in [-0.2, -0.15) is 0 Å². The van der Waals surface area contributed by atoms with Crippen LogP contribution in [-0.2, 0) is 4.79 Å². The van der Waals surface area contributed by atoms with Crippen LogP contribution in [0.15, 0.2) is 30.3 Å². The maximum Gasteiger partial charge on any atom is 0.315 e. The summed E-state index contributed by atoms with van der Waals surface area (Å²) in [4.78, 5) is 26.0. The zero-order valence-corrected chi connectivity index (χ0v) is 13.9. The fourth-order valence-electron chi connectivity index (χ4n) is 2.83. The molecule has 1 aliphatic rings. The van der Waals surface area contributed by atoms with Gasteiger partial charge in [0.1, 0.15) is 0 Å². The van der Waals surface area contributed by atoms with E-state index in [0.29, 0.717) is 13.0 Å². The number of hydrogen-bond donors (Lipinski definition) is 2. The highest BCUT2D eigenvalue weighted by Crippen LogP contribution is 2.11. The smallest absolute Gasteiger partial charge is 0.315 e. The van der Waals surface area contributed by atoms with Crippen LogP contribution in [0.2, 0.25) is 0 Å². The topological polar surface area (TPSA) is 61.4 Å². The molecule has 5 nitrogen and oxygen atoms in total. The Morgan fingerprint density at radius 3 is 2.39 bits per heavy atom. The molecule has 1 aromatic rings. The molecule has 0 radical (unpaired) electrons. The van der Waals surface area contributed by atoms with Crippen LogP contribution in [0.25, 0.3) is 0 Å². The number of rotatable bonds is 5. The van der Waals surface area contributed by atoms with Crippen molar-refractivity contribution >= 4 is 11.9 Å². The number of likely N-dealkylation sites (tertiary alicyclic amines) is 1. The molecule has 0 bridgehead atoms. The second kappa shape index (κ2) is 9.18. The van der Waals surface area contributed by atoms with Crippen molar-refractivity contribution in [1.82, 2.24) is 15.5 Å². The summed E-state index contributed by atoms with van der Waals surface area (Å²) in [5.74, 6) is 0.142. The molecule has 0 saturated carbocycles. The number of nitrogens with one attached hydrogen (secondary N) is 2. The predicted octanol–water partition coefficient (Wildman–Crippen LogP) is 2.84. The van der Waals surface area contributed by atoms with Crippen molar-refractivity contribution in [1.29, 1.82) is 0 Å². The van der Waals surface area contributed by atoms with Gasteiger partial charge in [0.2, 0.25) is 5.91 Å². The molecule has 1 aliphatic heterocycles. The van der Waals surface area contributed by atoms with Crippen LogP contribution >= 0.6 is 0 Å². The van der Waals surface area contributed by atoms with Crippen LogP contribution in [0.5, 0.6) is 0 Å². The largest absolute Gasteiger partial charge is 0.343 e. The molecular formula is C18H27N3O2. The summed E-state index contributed by atoms with van der Waals surface area (Å²) in [6.07, 6.45) is 4.97. The number of urea groups is 1. The highest BCUT2D eigenvalue weighted by molar-refractivity contribution is 5.78. The lowest BCUT2D eigenvalue weighted by Crippen LogP contribution is -2.40. The minimum absolute atomic E-state index is 0.0579. The summed E-state index contributed by atoms with van der Waals surface area (Å²) >= 11 is 0. The first-order valence-corrected chi connectivity index (χ1v) is 8.54. The number of carbonyl (C=O) groups excluding carboxylic acids is 2. The molecule has 5 heteroatoms. The summed E-state index contributed by atoms with van der Waals surface area (Å²) < 4.78 is 0. The van der Waals surface area contributed by atoms with Gasteiger partial charge in [-0.05, 0) is 25.3 Å². The van der Waals surface area contributed by atoms with Crippen molar-refractivity contribution in [2.75, 3.05) is 19.6 Å². The van der Waals surface area contributed by atoms with E-state index >= 15 is 0 Å². The molecule has 126 valence electrons. The lowest BCUT2D eigenvalue weighted by Gasteiger charge is -2.20. The first-order chi connectivity index (χ1) is 11.2. The van der Waals surface area contributed by atoms with Gasteiger partial charge in [0.05, 0.1) is 6.04 Å². The molecule has 0 aliphatic carbocycles. The Kier molecular flexibility index (Phi) is 6.91. The molecule has 1 atom stereocenters. The zero-order valence-electron chi connectivity index (χ0n) is 13.9. The highest BCUT2D eigenvalue weighted by atomic mass is 16.2. The molecule has 3 amide bonds. The Labute approximate surface area is 138 Å². The third-order valence-electron chi connectivity index (χ3n) is 4.23. The molecule has 2 rings (SSSR count). The Bertz CT molecular complexity index is 496. The van der Waals surface area contributed by atoms with E-state index in [-0.39, 0.29) is 18.0 Å². The number of amides is 3. The molecular weight excluding hydrogens is 290 g/mol. The van der Waals surface area contributed by atoms with E-state index < -0.39 is 0 Å². The molecule has 23 heavy (non-hydrogen) atoms. The summed E-state index contributed by atoms with van der Waals surface area (Å²) in [6.45, 7) is 4.03. The second-order valence-corrected chi connectivity index (χ2v) is 6.08. The summed E-state index contributed by atoms with van der Waals surface area (Å²) in [7, 11) is 0. The average Bonchev–Trinajstić information content (AvgIpc) is 2.85. The van der Waals surface area contributed by atoms with Gasteiger partial charge in [-0.1, -0.05) is 43.2 Å². The summed E-state index contributed by atoms with van der Waals surface area (Å²) in [6, 6.07) is 9.52. The average molecular weight is 317 g/mol. The standard InChI is InChI=1S/C18H27N3O2/c1-15(16-9-5-4-6-10-16)20-18(23)19-12-11-17(22)21-13-7-2-3-8-14-21/h4-6,9-10,15H,2-3,7-8,11-14H2,1H3,(H2,19,20,23). The first-order valence-electron chi connectivity index (χ1n) is 8.54. The highest BCUT2D eigenvalue weighted by Gasteiger charge is 2.15. The molecule has 1 unspecified atom stereocenters. The fraction of sp³-hybridized carbons (Fsp3) is 0.556. The van der Waals surface area contributed by atoms with Gasteiger partial charge in [0.15, 0.2) is 0 Å². The van der Waals surface area contributed by atoms with Gasteiger partial charge >= 0.3 is 6.03 Å². The van der Waals surface area contributed by atoms with Crippen LogP contribution in [0.3, 0.4) is 0 Å². The zero-order chi connectivity index (χ0) is 16.5. The molecule has 2 N–H and O–H groups in total. The van der Waals surface area contributed by atoms with E-state index in [1.807, 2.05) is 42.2 Å². The molecule has 0 spiro atoms. The number of carbonyl (C=O) groups is 2. The van der Waals surface area contributed by atoms with Crippen molar-refractivity contribution < 1.29 is 9.59 Å². The van der Waals surface area contributed by atoms with Gasteiger partial charge in [-0.3, -0.25) is 4.79 Å². The van der Waals surface area contributed by atoms with E-state index in [1.165, 1.54) is 12.8 Å². The van der Waals surface area contributed by atoms with Gasteiger partial charge < -0.3 is 15.5 Å². The first kappa shape index (κ1) is 17.3. The van der Waals surface area contributed by atoms with Crippen molar-refractivity contribution in [2.24, 2.45) is 0 Å². The molecule has 1 fully saturated rings. The van der Waals surface area contributed by atoms with Crippen LogP contribution in [0, 0.1) is 0 Å². The van der Waals surface area contributed by atoms with Crippen LogP contribution in [0.4, 0.5) is 4.79 Å².